The number of benzene rings is 2. The van der Waals surface area contributed by atoms with Crippen LogP contribution in [0.15, 0.2) is 71.8 Å². The van der Waals surface area contributed by atoms with Crippen LogP contribution in [0.2, 0.25) is 0 Å². The van der Waals surface area contributed by atoms with Gasteiger partial charge in [-0.2, -0.15) is 5.10 Å². The molecular weight excluding hydrogens is 338 g/mol. The first-order valence-corrected chi connectivity index (χ1v) is 8.92. The highest BCUT2D eigenvalue weighted by Crippen LogP contribution is 2.19. The normalized spacial score (nSPS) is 12.4. The highest BCUT2D eigenvalue weighted by Gasteiger charge is 2.13. The van der Waals surface area contributed by atoms with Gasteiger partial charge in [0, 0.05) is 18.0 Å². The van der Waals surface area contributed by atoms with Gasteiger partial charge in [0.05, 0.1) is 18.3 Å². The Morgan fingerprint density at radius 2 is 1.59 bits per heavy atom. The quantitative estimate of drug-likeness (QED) is 0.607. The molecule has 0 unspecified atom stereocenters. The molecular formula is C22H21N3O2. The first-order valence-electron chi connectivity index (χ1n) is 8.92. The minimum atomic E-state index is -0.745. The summed E-state index contributed by atoms with van der Waals surface area (Å²) in [6, 6.07) is 17.5. The van der Waals surface area contributed by atoms with E-state index in [1.165, 1.54) is 10.1 Å². The molecule has 0 aliphatic carbocycles. The Kier molecular flexibility index (Phi) is 4.38. The van der Waals surface area contributed by atoms with Crippen molar-refractivity contribution in [2.24, 2.45) is 0 Å². The summed E-state index contributed by atoms with van der Waals surface area (Å²) in [6.45, 7) is 4.23. The lowest BCUT2D eigenvalue weighted by molar-refractivity contribution is 0.155. The van der Waals surface area contributed by atoms with E-state index in [1.54, 1.807) is 23.0 Å². The number of aliphatic hydroxyl groups excluding tert-OH is 1. The molecule has 0 bridgehead atoms. The second-order valence-corrected chi connectivity index (χ2v) is 6.91. The van der Waals surface area contributed by atoms with Crippen molar-refractivity contribution in [3.63, 3.8) is 0 Å². The van der Waals surface area contributed by atoms with Crippen LogP contribution in [0.1, 0.15) is 22.8 Å². The average molecular weight is 359 g/mol. The Morgan fingerprint density at radius 3 is 2.26 bits per heavy atom. The Bertz CT molecular complexity index is 1140. The third-order valence-corrected chi connectivity index (χ3v) is 4.78. The van der Waals surface area contributed by atoms with Crippen molar-refractivity contribution in [1.82, 2.24) is 14.2 Å². The average Bonchev–Trinajstić information content (AvgIpc) is 3.10. The molecule has 0 radical (unpaired) electrons. The molecule has 1 atom stereocenters. The van der Waals surface area contributed by atoms with Gasteiger partial charge in [-0.3, -0.25) is 4.79 Å². The maximum atomic E-state index is 12.8. The van der Waals surface area contributed by atoms with Gasteiger partial charge in [-0.15, -0.1) is 0 Å². The zero-order valence-corrected chi connectivity index (χ0v) is 15.3. The van der Waals surface area contributed by atoms with E-state index in [9.17, 15) is 9.90 Å². The van der Waals surface area contributed by atoms with Gasteiger partial charge < -0.3 is 9.67 Å². The molecule has 27 heavy (non-hydrogen) atoms. The molecule has 0 saturated heterocycles. The molecule has 1 N–H and O–H groups in total. The monoisotopic (exact) mass is 359 g/mol. The lowest BCUT2D eigenvalue weighted by Crippen LogP contribution is -2.24. The topological polar surface area (TPSA) is 59.5 Å². The van der Waals surface area contributed by atoms with Crippen LogP contribution in [0.5, 0.6) is 0 Å². The summed E-state index contributed by atoms with van der Waals surface area (Å²) >= 11 is 0. The molecule has 4 rings (SSSR count). The van der Waals surface area contributed by atoms with Crippen molar-refractivity contribution in [2.45, 2.75) is 26.5 Å². The van der Waals surface area contributed by atoms with Gasteiger partial charge >= 0.3 is 0 Å². The Balaban J connectivity index is 1.66. The summed E-state index contributed by atoms with van der Waals surface area (Å²) in [5.74, 6) is 0. The van der Waals surface area contributed by atoms with E-state index in [0.29, 0.717) is 5.52 Å². The Labute approximate surface area is 157 Å². The number of aryl methyl sites for hydroxylation is 2. The molecule has 4 aromatic rings. The summed E-state index contributed by atoms with van der Waals surface area (Å²) in [7, 11) is 0. The standard InChI is InChI=1S/C22H21N3O2/c1-15-3-7-17(8-4-15)19-13-20-22(27)24(11-12-25(20)23-19)14-21(26)18-9-5-16(2)6-10-18/h3-13,21,26H,14H2,1-2H3/t21-/m0/s1. The summed E-state index contributed by atoms with van der Waals surface area (Å²) in [6.07, 6.45) is 2.67. The zero-order chi connectivity index (χ0) is 19.0. The van der Waals surface area contributed by atoms with Crippen LogP contribution < -0.4 is 5.56 Å². The predicted octanol–water partition coefficient (Wildman–Crippen LogP) is 3.51. The Morgan fingerprint density at radius 1 is 0.963 bits per heavy atom. The Hall–Kier alpha value is -3.18. The fourth-order valence-corrected chi connectivity index (χ4v) is 3.12. The van der Waals surface area contributed by atoms with E-state index in [2.05, 4.69) is 5.10 Å². The number of fused-ring (bicyclic) bond motifs is 1. The van der Waals surface area contributed by atoms with E-state index in [0.717, 1.165) is 22.4 Å². The third-order valence-electron chi connectivity index (χ3n) is 4.78. The van der Waals surface area contributed by atoms with Crippen molar-refractivity contribution in [3.8, 4) is 11.3 Å². The van der Waals surface area contributed by atoms with Crippen molar-refractivity contribution in [1.29, 1.82) is 0 Å². The third kappa shape index (κ3) is 3.41. The van der Waals surface area contributed by atoms with Crippen LogP contribution in [0, 0.1) is 13.8 Å². The highest BCUT2D eigenvalue weighted by molar-refractivity contribution is 5.65. The van der Waals surface area contributed by atoms with Crippen LogP contribution in [0.4, 0.5) is 0 Å². The van der Waals surface area contributed by atoms with Crippen molar-refractivity contribution < 1.29 is 5.11 Å². The first kappa shape index (κ1) is 17.2. The molecule has 5 nitrogen and oxygen atoms in total. The molecule has 0 saturated carbocycles. The lowest BCUT2D eigenvalue weighted by Gasteiger charge is -2.13. The summed E-state index contributed by atoms with van der Waals surface area (Å²) in [5.41, 5.74) is 5.14. The van der Waals surface area contributed by atoms with Crippen LogP contribution >= 0.6 is 0 Å². The summed E-state index contributed by atoms with van der Waals surface area (Å²) in [4.78, 5) is 12.8. The van der Waals surface area contributed by atoms with Crippen LogP contribution in [0.3, 0.4) is 0 Å². The van der Waals surface area contributed by atoms with Crippen LogP contribution in [0.25, 0.3) is 16.8 Å². The van der Waals surface area contributed by atoms with Gasteiger partial charge in [0.25, 0.3) is 5.56 Å². The molecule has 2 heterocycles. The predicted molar refractivity (Wildman–Crippen MR) is 106 cm³/mol. The molecule has 0 aliphatic heterocycles. The van der Waals surface area contributed by atoms with E-state index in [-0.39, 0.29) is 12.1 Å². The fraction of sp³-hybridized carbons (Fsp3) is 0.182. The molecule has 0 amide bonds. The van der Waals surface area contributed by atoms with Gasteiger partial charge in [0.1, 0.15) is 5.52 Å². The number of nitrogens with zero attached hydrogens (tertiary/aromatic N) is 3. The fourth-order valence-electron chi connectivity index (χ4n) is 3.12. The molecule has 2 aromatic heterocycles. The highest BCUT2D eigenvalue weighted by atomic mass is 16.3. The summed E-state index contributed by atoms with van der Waals surface area (Å²) < 4.78 is 3.12. The first-order chi connectivity index (χ1) is 13.0. The molecule has 136 valence electrons. The number of hydrogen-bond donors (Lipinski definition) is 1. The van der Waals surface area contributed by atoms with Gasteiger partial charge in [-0.25, -0.2) is 4.52 Å². The largest absolute Gasteiger partial charge is 0.387 e. The van der Waals surface area contributed by atoms with E-state index in [4.69, 9.17) is 0 Å². The van der Waals surface area contributed by atoms with Gasteiger partial charge in [-0.1, -0.05) is 59.7 Å². The second-order valence-electron chi connectivity index (χ2n) is 6.91. The van der Waals surface area contributed by atoms with E-state index < -0.39 is 6.10 Å². The van der Waals surface area contributed by atoms with Gasteiger partial charge in [0.15, 0.2) is 0 Å². The van der Waals surface area contributed by atoms with Crippen molar-refractivity contribution in [2.75, 3.05) is 0 Å². The van der Waals surface area contributed by atoms with Crippen molar-refractivity contribution >= 4 is 5.52 Å². The second kappa shape index (κ2) is 6.85. The minimum absolute atomic E-state index is 0.172. The van der Waals surface area contributed by atoms with Crippen LogP contribution in [-0.2, 0) is 6.54 Å². The maximum Gasteiger partial charge on any atom is 0.276 e. The number of hydrogen-bond acceptors (Lipinski definition) is 3. The molecule has 0 aliphatic rings. The lowest BCUT2D eigenvalue weighted by atomic mass is 10.1. The van der Waals surface area contributed by atoms with Gasteiger partial charge in [-0.05, 0) is 25.5 Å². The molecule has 0 spiro atoms. The number of rotatable bonds is 4. The van der Waals surface area contributed by atoms with E-state index >= 15 is 0 Å². The number of aromatic nitrogens is 3. The van der Waals surface area contributed by atoms with Gasteiger partial charge in [0.2, 0.25) is 0 Å². The number of aliphatic hydroxyl groups is 1. The SMILES string of the molecule is Cc1ccc(-c2cc3c(=O)n(C[C@H](O)c4ccc(C)cc4)ccn3n2)cc1. The molecule has 2 aromatic carbocycles. The van der Waals surface area contributed by atoms with Crippen molar-refractivity contribution in [3.05, 3.63) is 94.0 Å². The van der Waals surface area contributed by atoms with Crippen LogP contribution in [-0.4, -0.2) is 19.3 Å². The zero-order valence-electron chi connectivity index (χ0n) is 15.3. The minimum Gasteiger partial charge on any atom is -0.387 e. The summed E-state index contributed by atoms with van der Waals surface area (Å²) in [5, 5.41) is 15.0. The molecule has 5 heteroatoms. The maximum absolute atomic E-state index is 12.8. The smallest absolute Gasteiger partial charge is 0.276 e. The molecule has 0 fully saturated rings. The van der Waals surface area contributed by atoms with E-state index in [1.807, 2.05) is 62.4 Å².